The molecule has 8 nitrogen and oxygen atoms in total. The number of amides is 1. The van der Waals surface area contributed by atoms with E-state index in [1.807, 2.05) is 30.3 Å². The quantitative estimate of drug-likeness (QED) is 0.412. The molecule has 4 rings (SSSR count). The number of pyridine rings is 1. The van der Waals surface area contributed by atoms with Gasteiger partial charge in [0.2, 0.25) is 0 Å². The first-order chi connectivity index (χ1) is 17.8. The Balaban J connectivity index is 1.46. The summed E-state index contributed by atoms with van der Waals surface area (Å²) in [5, 5.41) is 12.2. The number of para-hydroxylation sites is 1. The lowest BCUT2D eigenvalue weighted by atomic mass is 10.0. The number of anilines is 2. The lowest BCUT2D eigenvalue weighted by molar-refractivity contribution is -0.118. The number of ether oxygens (including phenoxy) is 1. The van der Waals surface area contributed by atoms with Gasteiger partial charge in [-0.2, -0.15) is 5.26 Å². The van der Waals surface area contributed by atoms with Gasteiger partial charge in [-0.3, -0.25) is 14.4 Å². The molecule has 1 aromatic heterocycles. The summed E-state index contributed by atoms with van der Waals surface area (Å²) in [4.78, 5) is 40.6. The minimum atomic E-state index is -0.387. The molecule has 0 atom stereocenters. The van der Waals surface area contributed by atoms with Crippen LogP contribution in [0.15, 0.2) is 65.6 Å². The van der Waals surface area contributed by atoms with Gasteiger partial charge in [0.15, 0.2) is 12.4 Å². The molecule has 1 saturated carbocycles. The molecule has 190 valence electrons. The van der Waals surface area contributed by atoms with Crippen LogP contribution in [0.4, 0.5) is 11.4 Å². The van der Waals surface area contributed by atoms with Gasteiger partial charge in [0.05, 0.1) is 5.56 Å². The van der Waals surface area contributed by atoms with Crippen molar-refractivity contribution in [3.8, 4) is 11.8 Å². The van der Waals surface area contributed by atoms with Crippen LogP contribution in [-0.2, 0) is 4.79 Å². The number of hydrogen-bond donors (Lipinski definition) is 1. The van der Waals surface area contributed by atoms with Crippen LogP contribution >= 0.6 is 0 Å². The topological polar surface area (TPSA) is 104 Å². The molecule has 37 heavy (non-hydrogen) atoms. The highest BCUT2D eigenvalue weighted by Gasteiger charge is 2.27. The predicted molar refractivity (Wildman–Crippen MR) is 142 cm³/mol. The summed E-state index contributed by atoms with van der Waals surface area (Å²) < 4.78 is 7.19. The fourth-order valence-electron chi connectivity index (χ4n) is 4.29. The normalized spacial score (nSPS) is 12.6. The third kappa shape index (κ3) is 5.89. The van der Waals surface area contributed by atoms with Crippen LogP contribution in [0.25, 0.3) is 0 Å². The second-order valence-corrected chi connectivity index (χ2v) is 9.29. The van der Waals surface area contributed by atoms with E-state index in [9.17, 15) is 19.6 Å². The summed E-state index contributed by atoms with van der Waals surface area (Å²) in [7, 11) is 0. The minimum absolute atomic E-state index is 0.0204. The second kappa shape index (κ2) is 11.1. The van der Waals surface area contributed by atoms with Crippen molar-refractivity contribution < 1.29 is 14.3 Å². The van der Waals surface area contributed by atoms with Crippen molar-refractivity contribution in [1.82, 2.24) is 4.57 Å². The summed E-state index contributed by atoms with van der Waals surface area (Å²) in [6, 6.07) is 17.8. The van der Waals surface area contributed by atoms with Crippen LogP contribution in [0, 0.1) is 11.3 Å². The van der Waals surface area contributed by atoms with Crippen molar-refractivity contribution in [3.05, 3.63) is 87.8 Å². The van der Waals surface area contributed by atoms with E-state index in [2.05, 4.69) is 31.0 Å². The van der Waals surface area contributed by atoms with Crippen molar-refractivity contribution in [2.45, 2.75) is 45.7 Å². The van der Waals surface area contributed by atoms with Crippen molar-refractivity contribution in [1.29, 1.82) is 5.26 Å². The van der Waals surface area contributed by atoms with E-state index in [0.29, 0.717) is 11.7 Å². The zero-order valence-electron chi connectivity index (χ0n) is 21.2. The molecule has 0 spiro atoms. The number of carbonyl (C=O) groups is 2. The van der Waals surface area contributed by atoms with Crippen molar-refractivity contribution in [2.75, 3.05) is 23.4 Å². The third-order valence-corrected chi connectivity index (χ3v) is 6.30. The summed E-state index contributed by atoms with van der Waals surface area (Å²) >= 11 is 0. The Kier molecular flexibility index (Phi) is 7.73. The van der Waals surface area contributed by atoms with E-state index in [0.717, 1.165) is 25.1 Å². The fraction of sp³-hybridized carbons (Fsp3) is 0.310. The van der Waals surface area contributed by atoms with Gasteiger partial charge < -0.3 is 19.5 Å². The number of nitriles is 1. The Bertz CT molecular complexity index is 1400. The van der Waals surface area contributed by atoms with Gasteiger partial charge in [-0.05, 0) is 76.1 Å². The van der Waals surface area contributed by atoms with E-state index in [-0.39, 0.29) is 52.3 Å². The van der Waals surface area contributed by atoms with E-state index in [1.165, 1.54) is 16.8 Å². The highest BCUT2D eigenvalue weighted by atomic mass is 16.5. The van der Waals surface area contributed by atoms with Gasteiger partial charge in [0, 0.05) is 41.8 Å². The van der Waals surface area contributed by atoms with Crippen LogP contribution < -0.4 is 20.5 Å². The van der Waals surface area contributed by atoms with Crippen LogP contribution in [0.5, 0.6) is 5.75 Å². The second-order valence-electron chi connectivity index (χ2n) is 9.29. The monoisotopic (exact) mass is 498 g/mol. The molecular formula is C29H30N4O4. The van der Waals surface area contributed by atoms with Crippen molar-refractivity contribution in [3.63, 3.8) is 0 Å². The minimum Gasteiger partial charge on any atom is -0.483 e. The maximum Gasteiger partial charge on any atom is 0.268 e. The molecule has 3 aromatic rings. The smallest absolute Gasteiger partial charge is 0.268 e. The molecule has 0 unspecified atom stereocenters. The van der Waals surface area contributed by atoms with Crippen molar-refractivity contribution >= 4 is 23.1 Å². The SMILES string of the molecule is CCN(c1ccc(NC(=O)COc2ccccc2C(=O)c2cc(C#N)c(=O)n(C3CC3)c2)cc1)C(C)C. The number of nitrogens with zero attached hydrogens (tertiary/aromatic N) is 3. The van der Waals surface area contributed by atoms with Gasteiger partial charge >= 0.3 is 0 Å². The number of rotatable bonds is 10. The highest BCUT2D eigenvalue weighted by molar-refractivity contribution is 6.10. The van der Waals surface area contributed by atoms with E-state index < -0.39 is 0 Å². The first kappa shape index (κ1) is 25.7. The van der Waals surface area contributed by atoms with Crippen LogP contribution in [0.1, 0.15) is 61.1 Å². The first-order valence-electron chi connectivity index (χ1n) is 12.4. The van der Waals surface area contributed by atoms with Gasteiger partial charge in [0.1, 0.15) is 17.4 Å². The van der Waals surface area contributed by atoms with Crippen molar-refractivity contribution in [2.24, 2.45) is 0 Å². The molecular weight excluding hydrogens is 468 g/mol. The number of carbonyl (C=O) groups excluding carboxylic acids is 2. The standard InChI is InChI=1S/C29H30N4O4/c1-4-32(19(2)3)23-11-9-22(10-12-23)31-27(34)18-37-26-8-6-5-7-25(26)28(35)21-15-20(16-30)29(36)33(17-21)24-13-14-24/h5-12,15,17,19,24H,4,13-14,18H2,1-3H3,(H,31,34). The van der Waals surface area contributed by atoms with E-state index >= 15 is 0 Å². The Morgan fingerprint density at radius 3 is 2.49 bits per heavy atom. The average molecular weight is 499 g/mol. The summed E-state index contributed by atoms with van der Waals surface area (Å²) in [6.07, 6.45) is 3.19. The maximum absolute atomic E-state index is 13.3. The molecule has 1 heterocycles. The number of hydrogen-bond acceptors (Lipinski definition) is 6. The molecule has 1 aliphatic rings. The Labute approximate surface area is 216 Å². The predicted octanol–water partition coefficient (Wildman–Crippen LogP) is 4.54. The molecule has 1 amide bonds. The molecule has 0 radical (unpaired) electrons. The van der Waals surface area contributed by atoms with Gasteiger partial charge in [-0.15, -0.1) is 0 Å². The molecule has 8 heteroatoms. The number of benzene rings is 2. The lowest BCUT2D eigenvalue weighted by Crippen LogP contribution is -2.30. The van der Waals surface area contributed by atoms with Gasteiger partial charge in [-0.25, -0.2) is 0 Å². The average Bonchev–Trinajstić information content (AvgIpc) is 3.74. The van der Waals surface area contributed by atoms with E-state index in [1.54, 1.807) is 24.3 Å². The molecule has 2 aromatic carbocycles. The molecule has 1 aliphatic carbocycles. The summed E-state index contributed by atoms with van der Waals surface area (Å²) in [5.74, 6) is -0.500. The van der Waals surface area contributed by atoms with Gasteiger partial charge in [0.25, 0.3) is 11.5 Å². The van der Waals surface area contributed by atoms with E-state index in [4.69, 9.17) is 4.74 Å². The van der Waals surface area contributed by atoms with Crippen LogP contribution in [0.2, 0.25) is 0 Å². The zero-order chi connectivity index (χ0) is 26.5. The number of nitrogens with one attached hydrogen (secondary N) is 1. The number of ketones is 1. The molecule has 0 aliphatic heterocycles. The Morgan fingerprint density at radius 2 is 1.86 bits per heavy atom. The molecule has 0 saturated heterocycles. The van der Waals surface area contributed by atoms with Gasteiger partial charge in [-0.1, -0.05) is 12.1 Å². The summed E-state index contributed by atoms with van der Waals surface area (Å²) in [6.45, 7) is 6.96. The maximum atomic E-state index is 13.3. The zero-order valence-corrected chi connectivity index (χ0v) is 21.2. The highest BCUT2D eigenvalue weighted by Crippen LogP contribution is 2.34. The fourth-order valence-corrected chi connectivity index (χ4v) is 4.29. The Hall–Kier alpha value is -4.38. The third-order valence-electron chi connectivity index (χ3n) is 6.30. The summed E-state index contributed by atoms with van der Waals surface area (Å²) in [5.41, 5.74) is 1.74. The first-order valence-corrected chi connectivity index (χ1v) is 12.4. The molecule has 1 fully saturated rings. The Morgan fingerprint density at radius 1 is 1.16 bits per heavy atom. The molecule has 1 N–H and O–H groups in total. The lowest BCUT2D eigenvalue weighted by Gasteiger charge is -2.27. The van der Waals surface area contributed by atoms with Crippen LogP contribution in [0.3, 0.4) is 0 Å². The number of aromatic nitrogens is 1. The largest absolute Gasteiger partial charge is 0.483 e. The van der Waals surface area contributed by atoms with Crippen LogP contribution in [-0.4, -0.2) is 35.5 Å². The molecule has 0 bridgehead atoms.